The van der Waals surface area contributed by atoms with Crippen molar-refractivity contribution in [1.29, 1.82) is 0 Å². The molecule has 1 saturated carbocycles. The van der Waals surface area contributed by atoms with Crippen molar-refractivity contribution in [2.45, 2.75) is 38.5 Å². The van der Waals surface area contributed by atoms with Crippen molar-refractivity contribution in [2.24, 2.45) is 5.92 Å². The zero-order valence-electron chi connectivity index (χ0n) is 19.7. The minimum atomic E-state index is -1.53. The maximum atomic E-state index is 12.7. The summed E-state index contributed by atoms with van der Waals surface area (Å²) in [4.78, 5) is 32.4. The molecule has 4 rings (SSSR count). The second-order valence-corrected chi connectivity index (χ2v) is 9.62. The van der Waals surface area contributed by atoms with Gasteiger partial charge in [0.2, 0.25) is 11.7 Å². The second kappa shape index (κ2) is 11.0. The Balaban J connectivity index is 1.19. The summed E-state index contributed by atoms with van der Waals surface area (Å²) in [6, 6.07) is 3.38. The summed E-state index contributed by atoms with van der Waals surface area (Å²) >= 11 is 12.1. The minimum Gasteiger partial charge on any atom is -0.418 e. The van der Waals surface area contributed by atoms with Gasteiger partial charge in [0.15, 0.2) is 0 Å². The van der Waals surface area contributed by atoms with Crippen molar-refractivity contribution in [1.82, 2.24) is 25.1 Å². The van der Waals surface area contributed by atoms with Crippen LogP contribution in [0, 0.1) is 5.92 Å². The van der Waals surface area contributed by atoms with Crippen LogP contribution in [0.2, 0.25) is 10.3 Å². The van der Waals surface area contributed by atoms with Crippen LogP contribution in [0.3, 0.4) is 0 Å². The SMILES string of the molecule is CC(C)(O)OC(=O)NCCOCCn1cc([C@@H]2C[C@H]2C(=O)Nc2cc3cc(Cl)nc(Cl)c3cn2)cn1. The molecule has 3 aromatic heterocycles. The zero-order valence-corrected chi connectivity index (χ0v) is 21.2. The summed E-state index contributed by atoms with van der Waals surface area (Å²) in [5.74, 6) is -1.27. The highest BCUT2D eigenvalue weighted by molar-refractivity contribution is 6.36. The Labute approximate surface area is 217 Å². The number of hydrogen-bond donors (Lipinski definition) is 3. The van der Waals surface area contributed by atoms with Crippen LogP contribution in [0.5, 0.6) is 0 Å². The normalized spacial score (nSPS) is 17.1. The quantitative estimate of drug-likeness (QED) is 0.203. The molecule has 11 nitrogen and oxygen atoms in total. The van der Waals surface area contributed by atoms with Gasteiger partial charge >= 0.3 is 6.09 Å². The van der Waals surface area contributed by atoms with E-state index < -0.39 is 11.9 Å². The number of aromatic nitrogens is 4. The predicted octanol–water partition coefficient (Wildman–Crippen LogP) is 3.35. The molecule has 3 aromatic rings. The van der Waals surface area contributed by atoms with Gasteiger partial charge in [0.05, 0.1) is 26.0 Å². The number of fused-ring (bicyclic) bond motifs is 1. The molecule has 3 heterocycles. The number of hydrogen-bond acceptors (Lipinski definition) is 8. The van der Waals surface area contributed by atoms with Gasteiger partial charge in [-0.15, -0.1) is 0 Å². The first-order valence-electron chi connectivity index (χ1n) is 11.3. The predicted molar refractivity (Wildman–Crippen MR) is 133 cm³/mol. The van der Waals surface area contributed by atoms with E-state index in [9.17, 15) is 14.7 Å². The summed E-state index contributed by atoms with van der Waals surface area (Å²) in [5.41, 5.74) is 0.988. The average Bonchev–Trinajstić information content (AvgIpc) is 3.45. The summed E-state index contributed by atoms with van der Waals surface area (Å²) < 4.78 is 12.0. The van der Waals surface area contributed by atoms with E-state index in [2.05, 4.69) is 25.7 Å². The second-order valence-electron chi connectivity index (χ2n) is 8.88. The number of amides is 2. The number of halogens is 2. The number of pyridine rings is 2. The van der Waals surface area contributed by atoms with Crippen LogP contribution < -0.4 is 10.6 Å². The number of ether oxygens (including phenoxy) is 2. The molecule has 1 fully saturated rings. The topological polar surface area (TPSA) is 140 Å². The molecule has 1 aliphatic rings. The van der Waals surface area contributed by atoms with Crippen LogP contribution in [0.15, 0.2) is 30.7 Å². The lowest BCUT2D eigenvalue weighted by Crippen LogP contribution is -2.35. The molecule has 3 N–H and O–H groups in total. The first-order chi connectivity index (χ1) is 17.1. The Morgan fingerprint density at radius 3 is 2.83 bits per heavy atom. The molecule has 2 atom stereocenters. The summed E-state index contributed by atoms with van der Waals surface area (Å²) in [7, 11) is 0. The van der Waals surface area contributed by atoms with Crippen molar-refractivity contribution >= 4 is 51.8 Å². The minimum absolute atomic E-state index is 0.0965. The number of alkyl carbamates (subject to hydrolysis) is 1. The van der Waals surface area contributed by atoms with Crippen LogP contribution in [-0.2, 0) is 20.8 Å². The monoisotopic (exact) mass is 536 g/mol. The fourth-order valence-electron chi connectivity index (χ4n) is 3.66. The lowest BCUT2D eigenvalue weighted by atomic mass is 10.2. The van der Waals surface area contributed by atoms with Crippen molar-refractivity contribution in [3.8, 4) is 0 Å². The highest BCUT2D eigenvalue weighted by atomic mass is 35.5. The smallest absolute Gasteiger partial charge is 0.409 e. The van der Waals surface area contributed by atoms with Crippen molar-refractivity contribution in [3.63, 3.8) is 0 Å². The molecule has 0 bridgehead atoms. The summed E-state index contributed by atoms with van der Waals surface area (Å²) in [6.07, 6.45) is 5.25. The number of carbonyl (C=O) groups excluding carboxylic acids is 2. The molecule has 1 aliphatic carbocycles. The van der Waals surface area contributed by atoms with Crippen molar-refractivity contribution in [3.05, 3.63) is 46.6 Å². The largest absolute Gasteiger partial charge is 0.418 e. The molecule has 0 spiro atoms. The van der Waals surface area contributed by atoms with Gasteiger partial charge in [-0.1, -0.05) is 23.2 Å². The molecule has 13 heteroatoms. The fraction of sp³-hybridized carbons (Fsp3) is 0.435. The molecule has 192 valence electrons. The van der Waals surface area contributed by atoms with E-state index in [0.29, 0.717) is 24.4 Å². The maximum Gasteiger partial charge on any atom is 0.409 e. The number of carbonyl (C=O) groups is 2. The Morgan fingerprint density at radius 1 is 1.25 bits per heavy atom. The van der Waals surface area contributed by atoms with Crippen LogP contribution in [0.25, 0.3) is 10.8 Å². The molecule has 0 aromatic carbocycles. The zero-order chi connectivity index (χ0) is 25.9. The Bertz CT molecular complexity index is 1260. The van der Waals surface area contributed by atoms with E-state index in [1.165, 1.54) is 13.8 Å². The molecular weight excluding hydrogens is 511 g/mol. The number of anilines is 1. The van der Waals surface area contributed by atoms with E-state index in [0.717, 1.165) is 17.4 Å². The summed E-state index contributed by atoms with van der Waals surface area (Å²) in [6.45, 7) is 4.20. The van der Waals surface area contributed by atoms with E-state index >= 15 is 0 Å². The van der Waals surface area contributed by atoms with Gasteiger partial charge < -0.3 is 25.2 Å². The Hall–Kier alpha value is -2.99. The lowest BCUT2D eigenvalue weighted by molar-refractivity contribution is -0.131. The standard InChI is InChI=1S/C23H26Cl2N6O5/c1-23(2,34)36-22(33)26-3-5-35-6-4-31-12-14(10-28-31)15-9-16(15)21(32)30-19-8-13-7-18(24)29-20(25)17(13)11-27-19/h7-8,10-12,15-16,34H,3-6,9H2,1-2H3,(H,26,33)(H,27,30,32)/t15-,16+/m0/s1. The third-order valence-electron chi connectivity index (χ3n) is 5.42. The number of rotatable bonds is 10. The maximum absolute atomic E-state index is 12.7. The van der Waals surface area contributed by atoms with Gasteiger partial charge in [-0.05, 0) is 35.4 Å². The third-order valence-corrected chi connectivity index (χ3v) is 5.90. The average molecular weight is 537 g/mol. The molecule has 2 amide bonds. The van der Waals surface area contributed by atoms with E-state index in [-0.39, 0.29) is 41.2 Å². The molecule has 36 heavy (non-hydrogen) atoms. The van der Waals surface area contributed by atoms with Crippen LogP contribution in [-0.4, -0.2) is 62.4 Å². The first kappa shape index (κ1) is 26.1. The molecule has 0 radical (unpaired) electrons. The van der Waals surface area contributed by atoms with Gasteiger partial charge in [0, 0.05) is 44.1 Å². The number of aliphatic hydroxyl groups is 1. The summed E-state index contributed by atoms with van der Waals surface area (Å²) in [5, 5.41) is 21.0. The van der Waals surface area contributed by atoms with Gasteiger partial charge in [-0.25, -0.2) is 14.8 Å². The fourth-order valence-corrected chi connectivity index (χ4v) is 4.15. The molecule has 0 saturated heterocycles. The first-order valence-corrected chi connectivity index (χ1v) is 12.1. The van der Waals surface area contributed by atoms with Crippen molar-refractivity contribution < 1.29 is 24.2 Å². The van der Waals surface area contributed by atoms with Crippen LogP contribution >= 0.6 is 23.2 Å². The van der Waals surface area contributed by atoms with Crippen LogP contribution in [0.4, 0.5) is 10.6 Å². The van der Waals surface area contributed by atoms with Gasteiger partial charge in [0.25, 0.3) is 0 Å². The van der Waals surface area contributed by atoms with Crippen molar-refractivity contribution in [2.75, 3.05) is 25.1 Å². The van der Waals surface area contributed by atoms with E-state index in [1.807, 2.05) is 6.20 Å². The van der Waals surface area contributed by atoms with Gasteiger partial charge in [0.1, 0.15) is 16.1 Å². The third kappa shape index (κ3) is 7.03. The van der Waals surface area contributed by atoms with E-state index in [4.69, 9.17) is 32.7 Å². The Morgan fingerprint density at radius 2 is 2.06 bits per heavy atom. The Kier molecular flexibility index (Phi) is 7.94. The molecular formula is C23H26Cl2N6O5. The van der Waals surface area contributed by atoms with Gasteiger partial charge in [-0.3, -0.25) is 9.48 Å². The number of nitrogens with one attached hydrogen (secondary N) is 2. The van der Waals surface area contributed by atoms with Crippen LogP contribution in [0.1, 0.15) is 31.7 Å². The van der Waals surface area contributed by atoms with E-state index in [1.54, 1.807) is 29.2 Å². The highest BCUT2D eigenvalue weighted by Crippen LogP contribution is 2.47. The van der Waals surface area contributed by atoms with Gasteiger partial charge in [-0.2, -0.15) is 5.10 Å². The lowest BCUT2D eigenvalue weighted by Gasteiger charge is -2.18. The molecule has 0 unspecified atom stereocenters. The number of nitrogens with zero attached hydrogens (tertiary/aromatic N) is 4. The highest BCUT2D eigenvalue weighted by Gasteiger charge is 2.44. The molecule has 0 aliphatic heterocycles.